The van der Waals surface area contributed by atoms with Crippen LogP contribution in [0.1, 0.15) is 19.4 Å². The van der Waals surface area contributed by atoms with Crippen molar-refractivity contribution in [2.45, 2.75) is 32.6 Å². The van der Waals surface area contributed by atoms with E-state index >= 15 is 0 Å². The number of nitrogens with zero attached hydrogens (tertiary/aromatic N) is 1. The molecule has 0 saturated carbocycles. The number of hydrogen-bond donors (Lipinski definition) is 1. The molecular weight excluding hydrogens is 292 g/mol. The second-order valence-electron chi connectivity index (χ2n) is 5.21. The zero-order chi connectivity index (χ0) is 15.5. The van der Waals surface area contributed by atoms with Crippen molar-refractivity contribution in [2.75, 3.05) is 20.2 Å². The van der Waals surface area contributed by atoms with Crippen LogP contribution in [-0.4, -0.2) is 45.1 Å². The Kier molecular flexibility index (Phi) is 5.21. The average Bonchev–Trinajstić information content (AvgIpc) is 2.44. The van der Waals surface area contributed by atoms with Crippen molar-refractivity contribution in [1.82, 2.24) is 9.03 Å². The summed E-state index contributed by atoms with van der Waals surface area (Å²) in [5, 5.41) is 0. The van der Waals surface area contributed by atoms with Crippen LogP contribution < -0.4 is 9.46 Å². The Balaban J connectivity index is 2.04. The van der Waals surface area contributed by atoms with Gasteiger partial charge in [-0.25, -0.2) is 0 Å². The lowest BCUT2D eigenvalue weighted by atomic mass is 10.2. The molecule has 1 N–H and O–H groups in total. The largest absolute Gasteiger partial charge is 0.496 e. The molecule has 0 aliphatic carbocycles. The smallest absolute Gasteiger partial charge is 0.279 e. The van der Waals surface area contributed by atoms with Crippen LogP contribution in [0.3, 0.4) is 0 Å². The maximum absolute atomic E-state index is 12.4. The summed E-state index contributed by atoms with van der Waals surface area (Å²) in [6.07, 6.45) is -0.201. The SMILES string of the molecule is COc1ccccc1CNS(=O)(=O)N1C[C@H](C)O[C@@H](C)C1. The van der Waals surface area contributed by atoms with Crippen molar-refractivity contribution in [3.8, 4) is 5.75 Å². The molecule has 2 atom stereocenters. The molecule has 1 aromatic rings. The molecule has 0 amide bonds. The van der Waals surface area contributed by atoms with Gasteiger partial charge in [0.05, 0.1) is 19.3 Å². The van der Waals surface area contributed by atoms with Crippen LogP contribution in [0.15, 0.2) is 24.3 Å². The number of para-hydroxylation sites is 1. The van der Waals surface area contributed by atoms with Gasteiger partial charge in [0.15, 0.2) is 0 Å². The highest BCUT2D eigenvalue weighted by Crippen LogP contribution is 2.18. The topological polar surface area (TPSA) is 67.9 Å². The molecule has 118 valence electrons. The molecule has 0 radical (unpaired) electrons. The van der Waals surface area contributed by atoms with E-state index in [9.17, 15) is 8.42 Å². The van der Waals surface area contributed by atoms with E-state index in [1.807, 2.05) is 38.1 Å². The maximum Gasteiger partial charge on any atom is 0.279 e. The average molecular weight is 314 g/mol. The Hall–Kier alpha value is -1.15. The van der Waals surface area contributed by atoms with E-state index in [0.29, 0.717) is 18.8 Å². The molecule has 1 aromatic carbocycles. The lowest BCUT2D eigenvalue weighted by Gasteiger charge is -2.34. The Labute approximate surface area is 126 Å². The molecule has 2 rings (SSSR count). The van der Waals surface area contributed by atoms with Crippen molar-refractivity contribution in [3.63, 3.8) is 0 Å². The summed E-state index contributed by atoms with van der Waals surface area (Å²) in [6.45, 7) is 4.68. The maximum atomic E-state index is 12.4. The van der Waals surface area contributed by atoms with E-state index in [0.717, 1.165) is 5.56 Å². The minimum absolute atomic E-state index is 0.100. The first-order valence-electron chi connectivity index (χ1n) is 6.94. The first-order valence-corrected chi connectivity index (χ1v) is 8.38. The van der Waals surface area contributed by atoms with Crippen LogP contribution >= 0.6 is 0 Å². The van der Waals surface area contributed by atoms with E-state index in [4.69, 9.17) is 9.47 Å². The zero-order valence-electron chi connectivity index (χ0n) is 12.6. The highest BCUT2D eigenvalue weighted by Gasteiger charge is 2.30. The van der Waals surface area contributed by atoms with E-state index in [2.05, 4.69) is 4.72 Å². The Morgan fingerprint density at radius 2 is 1.90 bits per heavy atom. The second kappa shape index (κ2) is 6.74. The molecule has 1 aliphatic heterocycles. The lowest BCUT2D eigenvalue weighted by molar-refractivity contribution is -0.0444. The molecule has 0 aromatic heterocycles. The summed E-state index contributed by atoms with van der Waals surface area (Å²) in [5.41, 5.74) is 0.804. The van der Waals surface area contributed by atoms with Crippen molar-refractivity contribution >= 4 is 10.2 Å². The quantitative estimate of drug-likeness (QED) is 0.885. The fourth-order valence-electron chi connectivity index (χ4n) is 2.44. The summed E-state index contributed by atoms with van der Waals surface area (Å²) in [4.78, 5) is 0. The molecule has 0 unspecified atom stereocenters. The summed E-state index contributed by atoms with van der Waals surface area (Å²) < 4.78 is 39.6. The predicted octanol–water partition coefficient (Wildman–Crippen LogP) is 1.14. The van der Waals surface area contributed by atoms with Gasteiger partial charge in [-0.05, 0) is 19.9 Å². The van der Waals surface area contributed by atoms with Crippen molar-refractivity contribution in [2.24, 2.45) is 0 Å². The van der Waals surface area contributed by atoms with Crippen LogP contribution in [0, 0.1) is 0 Å². The molecule has 7 heteroatoms. The summed E-state index contributed by atoms with van der Waals surface area (Å²) in [5.74, 6) is 0.670. The first kappa shape index (κ1) is 16.2. The lowest BCUT2D eigenvalue weighted by Crippen LogP contribution is -2.51. The number of morpholine rings is 1. The fourth-order valence-corrected chi connectivity index (χ4v) is 3.77. The van der Waals surface area contributed by atoms with Crippen molar-refractivity contribution < 1.29 is 17.9 Å². The second-order valence-corrected chi connectivity index (χ2v) is 6.97. The standard InChI is InChI=1S/C14H22N2O4S/c1-11-9-16(10-12(2)20-11)21(17,18)15-8-13-6-4-5-7-14(13)19-3/h4-7,11-12,15H,8-10H2,1-3H3/t11-,12-/m0/s1. The number of ether oxygens (including phenoxy) is 2. The van der Waals surface area contributed by atoms with Crippen LogP contribution in [0.25, 0.3) is 0 Å². The van der Waals surface area contributed by atoms with Gasteiger partial charge in [-0.1, -0.05) is 18.2 Å². The molecule has 1 aliphatic rings. The third kappa shape index (κ3) is 4.16. The van der Waals surface area contributed by atoms with Gasteiger partial charge in [0, 0.05) is 25.2 Å². The van der Waals surface area contributed by atoms with E-state index in [-0.39, 0.29) is 18.8 Å². The molecule has 1 saturated heterocycles. The molecule has 1 heterocycles. The van der Waals surface area contributed by atoms with Crippen LogP contribution in [-0.2, 0) is 21.5 Å². The number of rotatable bonds is 5. The summed E-state index contributed by atoms with van der Waals surface area (Å²) >= 11 is 0. The van der Waals surface area contributed by atoms with Crippen molar-refractivity contribution in [3.05, 3.63) is 29.8 Å². The number of hydrogen-bond acceptors (Lipinski definition) is 4. The third-order valence-electron chi connectivity index (χ3n) is 3.36. The third-order valence-corrected chi connectivity index (χ3v) is 4.85. The van der Waals surface area contributed by atoms with Crippen LogP contribution in [0.2, 0.25) is 0 Å². The van der Waals surface area contributed by atoms with Gasteiger partial charge < -0.3 is 9.47 Å². The van der Waals surface area contributed by atoms with Gasteiger partial charge in [-0.2, -0.15) is 17.4 Å². The normalized spacial score (nSPS) is 24.0. The van der Waals surface area contributed by atoms with E-state index in [1.165, 1.54) is 4.31 Å². The molecule has 0 spiro atoms. The minimum atomic E-state index is -3.52. The highest BCUT2D eigenvalue weighted by atomic mass is 32.2. The first-order chi connectivity index (χ1) is 9.92. The van der Waals surface area contributed by atoms with Gasteiger partial charge in [-0.3, -0.25) is 0 Å². The van der Waals surface area contributed by atoms with Gasteiger partial charge in [-0.15, -0.1) is 0 Å². The van der Waals surface area contributed by atoms with Crippen LogP contribution in [0.5, 0.6) is 5.75 Å². The van der Waals surface area contributed by atoms with Gasteiger partial charge in [0.2, 0.25) is 0 Å². The molecule has 1 fully saturated rings. The number of benzene rings is 1. The summed E-state index contributed by atoms with van der Waals surface area (Å²) in [6, 6.07) is 7.35. The molecule has 21 heavy (non-hydrogen) atoms. The van der Waals surface area contributed by atoms with E-state index in [1.54, 1.807) is 7.11 Å². The molecule has 6 nitrogen and oxygen atoms in total. The van der Waals surface area contributed by atoms with Gasteiger partial charge in [0.1, 0.15) is 5.75 Å². The molecule has 0 bridgehead atoms. The predicted molar refractivity (Wildman–Crippen MR) is 80.3 cm³/mol. The Bertz CT molecular complexity index is 566. The van der Waals surface area contributed by atoms with Gasteiger partial charge in [0.25, 0.3) is 10.2 Å². The Morgan fingerprint density at radius 1 is 1.29 bits per heavy atom. The Morgan fingerprint density at radius 3 is 2.52 bits per heavy atom. The highest BCUT2D eigenvalue weighted by molar-refractivity contribution is 7.87. The van der Waals surface area contributed by atoms with Crippen LogP contribution in [0.4, 0.5) is 0 Å². The monoisotopic (exact) mass is 314 g/mol. The summed E-state index contributed by atoms with van der Waals surface area (Å²) in [7, 11) is -1.96. The minimum Gasteiger partial charge on any atom is -0.496 e. The fraction of sp³-hybridized carbons (Fsp3) is 0.571. The van der Waals surface area contributed by atoms with Crippen molar-refractivity contribution in [1.29, 1.82) is 0 Å². The number of nitrogens with one attached hydrogen (secondary N) is 1. The van der Waals surface area contributed by atoms with E-state index < -0.39 is 10.2 Å². The molecular formula is C14H22N2O4S. The number of methoxy groups -OCH3 is 1. The zero-order valence-corrected chi connectivity index (χ0v) is 13.4. The van der Waals surface area contributed by atoms with Gasteiger partial charge >= 0.3 is 0 Å².